The Kier molecular flexibility index (Phi) is 3.20. The Balaban J connectivity index is 2.11. The number of ketones is 1. The van der Waals surface area contributed by atoms with E-state index in [-0.39, 0.29) is 11.2 Å². The van der Waals surface area contributed by atoms with E-state index in [1.807, 2.05) is 17.8 Å². The van der Waals surface area contributed by atoms with E-state index in [0.29, 0.717) is 0 Å². The molecule has 3 heteroatoms. The van der Waals surface area contributed by atoms with Crippen molar-refractivity contribution >= 4 is 17.5 Å². The van der Waals surface area contributed by atoms with Crippen molar-refractivity contribution in [1.82, 2.24) is 5.32 Å². The van der Waals surface area contributed by atoms with Crippen LogP contribution >= 0.6 is 11.8 Å². The van der Waals surface area contributed by atoms with Crippen LogP contribution < -0.4 is 5.32 Å². The molecule has 1 spiro atoms. The first kappa shape index (κ1) is 12.2. The summed E-state index contributed by atoms with van der Waals surface area (Å²) in [5.74, 6) is 1.38. The Morgan fingerprint density at radius 3 is 3.00 bits per heavy atom. The molecule has 3 rings (SSSR count). The van der Waals surface area contributed by atoms with E-state index in [0.717, 1.165) is 18.7 Å². The second kappa shape index (κ2) is 4.71. The molecule has 1 fully saturated rings. The van der Waals surface area contributed by atoms with Gasteiger partial charge in [-0.15, -0.1) is 11.8 Å². The molecule has 18 heavy (non-hydrogen) atoms. The van der Waals surface area contributed by atoms with E-state index >= 15 is 0 Å². The third-order valence-electron chi connectivity index (χ3n) is 4.26. The Labute approximate surface area is 113 Å². The third-order valence-corrected chi connectivity index (χ3v) is 5.42. The molecule has 1 atom stereocenters. The number of hydrogen-bond donors (Lipinski definition) is 1. The molecule has 2 aliphatic rings. The summed E-state index contributed by atoms with van der Waals surface area (Å²) >= 11 is 1.95. The number of benzene rings is 1. The lowest BCUT2D eigenvalue weighted by Crippen LogP contribution is -2.29. The molecule has 1 unspecified atom stereocenters. The van der Waals surface area contributed by atoms with Crippen LogP contribution in [0.15, 0.2) is 23.1 Å². The maximum absolute atomic E-state index is 11.6. The van der Waals surface area contributed by atoms with E-state index in [1.54, 1.807) is 6.92 Å². The summed E-state index contributed by atoms with van der Waals surface area (Å²) in [6.45, 7) is 3.83. The normalized spacial score (nSPS) is 26.9. The van der Waals surface area contributed by atoms with E-state index in [1.165, 1.54) is 35.5 Å². The fourth-order valence-corrected chi connectivity index (χ4v) is 4.31. The second-order valence-electron chi connectivity index (χ2n) is 5.43. The summed E-state index contributed by atoms with van der Waals surface area (Å²) in [5.41, 5.74) is 2.56. The van der Waals surface area contributed by atoms with Crippen molar-refractivity contribution in [1.29, 1.82) is 0 Å². The summed E-state index contributed by atoms with van der Waals surface area (Å²) in [6.07, 6.45) is 3.74. The quantitative estimate of drug-likeness (QED) is 0.788. The molecule has 0 bridgehead atoms. The zero-order valence-corrected chi connectivity index (χ0v) is 11.6. The monoisotopic (exact) mass is 261 g/mol. The van der Waals surface area contributed by atoms with Gasteiger partial charge in [0.1, 0.15) is 0 Å². The van der Waals surface area contributed by atoms with Crippen LogP contribution in [0.1, 0.15) is 42.1 Å². The zero-order valence-electron chi connectivity index (χ0n) is 10.8. The molecule has 2 nitrogen and oxygen atoms in total. The van der Waals surface area contributed by atoms with Crippen molar-refractivity contribution in [3.8, 4) is 0 Å². The van der Waals surface area contributed by atoms with Gasteiger partial charge in [-0.2, -0.15) is 0 Å². The molecule has 1 N–H and O–H groups in total. The molecular formula is C15H19NOS. The molecule has 1 aromatic carbocycles. The first-order chi connectivity index (χ1) is 8.71. The standard InChI is InChI=1S/C15H19NOS/c1-11(17)12-3-4-14-13(9-12)15(5-2-8-18-14)6-7-16-10-15/h3-4,9,16H,2,5-8,10H2,1H3. The Morgan fingerprint density at radius 2 is 2.28 bits per heavy atom. The summed E-state index contributed by atoms with van der Waals surface area (Å²) < 4.78 is 0. The minimum Gasteiger partial charge on any atom is -0.316 e. The Bertz CT molecular complexity index is 477. The van der Waals surface area contributed by atoms with Crippen LogP contribution in [0.5, 0.6) is 0 Å². The Hall–Kier alpha value is -0.800. The Morgan fingerprint density at radius 1 is 1.39 bits per heavy atom. The van der Waals surface area contributed by atoms with Crippen LogP contribution in [0, 0.1) is 0 Å². The number of carbonyl (C=O) groups excluding carboxylic acids is 1. The van der Waals surface area contributed by atoms with Crippen molar-refractivity contribution in [2.45, 2.75) is 36.5 Å². The van der Waals surface area contributed by atoms with Crippen LogP contribution in [0.2, 0.25) is 0 Å². The minimum absolute atomic E-state index is 0.174. The van der Waals surface area contributed by atoms with Crippen molar-refractivity contribution in [3.63, 3.8) is 0 Å². The molecular weight excluding hydrogens is 242 g/mol. The van der Waals surface area contributed by atoms with Gasteiger partial charge < -0.3 is 5.32 Å². The van der Waals surface area contributed by atoms with Crippen LogP contribution in [-0.4, -0.2) is 24.6 Å². The molecule has 0 aromatic heterocycles. The van der Waals surface area contributed by atoms with E-state index in [2.05, 4.69) is 17.4 Å². The summed E-state index contributed by atoms with van der Waals surface area (Å²) in [7, 11) is 0. The smallest absolute Gasteiger partial charge is 0.159 e. The number of carbonyl (C=O) groups is 1. The van der Waals surface area contributed by atoms with Gasteiger partial charge in [-0.3, -0.25) is 4.79 Å². The first-order valence-corrected chi connectivity index (χ1v) is 7.69. The van der Waals surface area contributed by atoms with E-state index in [9.17, 15) is 4.79 Å². The van der Waals surface area contributed by atoms with Gasteiger partial charge in [-0.25, -0.2) is 0 Å². The largest absolute Gasteiger partial charge is 0.316 e. The molecule has 2 aliphatic heterocycles. The van der Waals surface area contributed by atoms with Gasteiger partial charge in [0.2, 0.25) is 0 Å². The molecule has 0 aliphatic carbocycles. The van der Waals surface area contributed by atoms with Gasteiger partial charge in [0.05, 0.1) is 0 Å². The minimum atomic E-state index is 0.174. The lowest BCUT2D eigenvalue weighted by atomic mass is 9.75. The predicted octanol–water partition coefficient (Wildman–Crippen LogP) is 3.01. The van der Waals surface area contributed by atoms with Crippen molar-refractivity contribution in [2.24, 2.45) is 0 Å². The maximum Gasteiger partial charge on any atom is 0.159 e. The highest BCUT2D eigenvalue weighted by molar-refractivity contribution is 7.99. The zero-order chi connectivity index (χ0) is 12.6. The fraction of sp³-hybridized carbons (Fsp3) is 0.533. The van der Waals surface area contributed by atoms with Crippen LogP contribution in [-0.2, 0) is 5.41 Å². The van der Waals surface area contributed by atoms with Gasteiger partial charge in [0.25, 0.3) is 0 Å². The van der Waals surface area contributed by atoms with Crippen molar-refractivity contribution in [2.75, 3.05) is 18.8 Å². The first-order valence-electron chi connectivity index (χ1n) is 6.70. The maximum atomic E-state index is 11.6. The number of hydrogen-bond acceptors (Lipinski definition) is 3. The number of thioether (sulfide) groups is 1. The highest BCUT2D eigenvalue weighted by atomic mass is 32.2. The number of fused-ring (bicyclic) bond motifs is 2. The van der Waals surface area contributed by atoms with Crippen LogP contribution in [0.4, 0.5) is 0 Å². The van der Waals surface area contributed by atoms with E-state index < -0.39 is 0 Å². The topological polar surface area (TPSA) is 29.1 Å². The number of rotatable bonds is 1. The SMILES string of the molecule is CC(=O)c1ccc2c(c1)C1(CCCS2)CCNC1. The summed E-state index contributed by atoms with van der Waals surface area (Å²) in [5, 5.41) is 3.51. The van der Waals surface area contributed by atoms with Crippen molar-refractivity contribution in [3.05, 3.63) is 29.3 Å². The number of Topliss-reactive ketones (excluding diaryl/α,β-unsaturated/α-hetero) is 1. The molecule has 1 aromatic rings. The van der Waals surface area contributed by atoms with Crippen molar-refractivity contribution < 1.29 is 4.79 Å². The van der Waals surface area contributed by atoms with Gasteiger partial charge >= 0.3 is 0 Å². The number of nitrogens with one attached hydrogen (secondary N) is 1. The van der Waals surface area contributed by atoms with Crippen LogP contribution in [0.25, 0.3) is 0 Å². The lowest BCUT2D eigenvalue weighted by molar-refractivity contribution is 0.101. The molecule has 0 saturated carbocycles. The second-order valence-corrected chi connectivity index (χ2v) is 6.56. The molecule has 0 radical (unpaired) electrons. The van der Waals surface area contributed by atoms with Crippen LogP contribution in [0.3, 0.4) is 0 Å². The fourth-order valence-electron chi connectivity index (χ4n) is 3.20. The van der Waals surface area contributed by atoms with Gasteiger partial charge in [-0.05, 0) is 56.2 Å². The van der Waals surface area contributed by atoms with Gasteiger partial charge in [0.15, 0.2) is 5.78 Å². The molecule has 0 amide bonds. The van der Waals surface area contributed by atoms with Gasteiger partial charge in [-0.1, -0.05) is 6.07 Å². The highest BCUT2D eigenvalue weighted by Gasteiger charge is 2.38. The molecule has 96 valence electrons. The third kappa shape index (κ3) is 1.99. The summed E-state index contributed by atoms with van der Waals surface area (Å²) in [6, 6.07) is 6.29. The van der Waals surface area contributed by atoms with E-state index in [4.69, 9.17) is 0 Å². The average Bonchev–Trinajstić information content (AvgIpc) is 2.76. The van der Waals surface area contributed by atoms with Gasteiger partial charge in [0, 0.05) is 22.4 Å². The average molecular weight is 261 g/mol. The molecule has 1 saturated heterocycles. The molecule has 2 heterocycles. The lowest BCUT2D eigenvalue weighted by Gasteiger charge is -2.29. The predicted molar refractivity (Wildman–Crippen MR) is 75.6 cm³/mol. The summed E-state index contributed by atoms with van der Waals surface area (Å²) in [4.78, 5) is 13.0. The highest BCUT2D eigenvalue weighted by Crippen LogP contribution is 2.44.